The first-order chi connectivity index (χ1) is 21.8. The minimum Gasteiger partial charge on any atom is -0.472 e. The van der Waals surface area contributed by atoms with Crippen LogP contribution in [0.5, 0.6) is 0 Å². The van der Waals surface area contributed by atoms with Crippen LogP contribution in [-0.2, 0) is 0 Å². The maximum atomic E-state index is 6.28. The zero-order chi connectivity index (χ0) is 29.0. The van der Waals surface area contributed by atoms with Crippen molar-refractivity contribution >= 4 is 32.9 Å². The van der Waals surface area contributed by atoms with Crippen molar-refractivity contribution in [3.63, 3.8) is 0 Å². The van der Waals surface area contributed by atoms with Crippen molar-refractivity contribution in [3.8, 4) is 50.7 Å². The summed E-state index contributed by atoms with van der Waals surface area (Å²) < 4.78 is 19.2. The van der Waals surface area contributed by atoms with Gasteiger partial charge in [-0.15, -0.1) is 0 Å². The predicted molar refractivity (Wildman–Crippen MR) is 172 cm³/mol. The SMILES string of the molecule is c1ccc(-c2cccc(-n3c4ccc(-c5ccoc5)cc4c4ccc(-c5nc6cc(-c7ccoc7)ccc6o5)cc43)c2)nc1. The molecule has 5 aromatic heterocycles. The summed E-state index contributed by atoms with van der Waals surface area (Å²) in [5.74, 6) is 0.573. The Morgan fingerprint density at radius 2 is 1.36 bits per heavy atom. The number of aromatic nitrogens is 3. The van der Waals surface area contributed by atoms with Crippen LogP contribution in [0.2, 0.25) is 0 Å². The number of rotatable bonds is 5. The molecule has 0 N–H and O–H groups in total. The van der Waals surface area contributed by atoms with Gasteiger partial charge in [0.15, 0.2) is 5.58 Å². The van der Waals surface area contributed by atoms with Crippen molar-refractivity contribution < 1.29 is 13.3 Å². The molecule has 0 aliphatic heterocycles. The van der Waals surface area contributed by atoms with Gasteiger partial charge in [-0.05, 0) is 83.9 Å². The zero-order valence-corrected chi connectivity index (χ0v) is 23.3. The Bertz CT molecular complexity index is 2430. The topological polar surface area (TPSA) is 70.1 Å². The first kappa shape index (κ1) is 24.5. The molecular formula is C38H23N3O3. The quantitative estimate of drug-likeness (QED) is 0.206. The van der Waals surface area contributed by atoms with E-state index in [1.165, 1.54) is 0 Å². The highest BCUT2D eigenvalue weighted by molar-refractivity contribution is 6.11. The Kier molecular flexibility index (Phi) is 5.40. The molecule has 0 atom stereocenters. The number of furan rings is 2. The Morgan fingerprint density at radius 3 is 2.16 bits per heavy atom. The molecule has 0 aliphatic carbocycles. The molecule has 6 nitrogen and oxygen atoms in total. The van der Waals surface area contributed by atoms with E-state index in [1.54, 1.807) is 25.1 Å². The molecule has 9 aromatic rings. The smallest absolute Gasteiger partial charge is 0.227 e. The molecule has 6 heteroatoms. The van der Waals surface area contributed by atoms with Crippen LogP contribution in [-0.4, -0.2) is 14.5 Å². The number of pyridine rings is 1. The van der Waals surface area contributed by atoms with Crippen LogP contribution >= 0.6 is 0 Å². The van der Waals surface area contributed by atoms with Crippen molar-refractivity contribution in [2.24, 2.45) is 0 Å². The first-order valence-corrected chi connectivity index (χ1v) is 14.3. The van der Waals surface area contributed by atoms with Crippen molar-refractivity contribution in [1.29, 1.82) is 0 Å². The molecule has 5 heterocycles. The van der Waals surface area contributed by atoms with Gasteiger partial charge in [-0.2, -0.15) is 0 Å². The summed E-state index contributed by atoms with van der Waals surface area (Å²) in [6.45, 7) is 0. The van der Waals surface area contributed by atoms with Crippen LogP contribution in [0.3, 0.4) is 0 Å². The first-order valence-electron chi connectivity index (χ1n) is 14.3. The van der Waals surface area contributed by atoms with E-state index in [2.05, 4.69) is 70.2 Å². The van der Waals surface area contributed by atoms with E-state index in [0.29, 0.717) is 5.89 Å². The predicted octanol–water partition coefficient (Wildman–Crippen LogP) is 10.2. The highest BCUT2D eigenvalue weighted by Crippen LogP contribution is 2.38. The molecule has 44 heavy (non-hydrogen) atoms. The summed E-state index contributed by atoms with van der Waals surface area (Å²) in [5.41, 5.74) is 11.8. The van der Waals surface area contributed by atoms with Gasteiger partial charge in [0.2, 0.25) is 5.89 Å². The van der Waals surface area contributed by atoms with Gasteiger partial charge < -0.3 is 17.8 Å². The Labute approximate surface area is 251 Å². The van der Waals surface area contributed by atoms with Crippen LogP contribution in [0.1, 0.15) is 0 Å². The van der Waals surface area contributed by atoms with E-state index in [1.807, 2.05) is 54.7 Å². The van der Waals surface area contributed by atoms with Crippen LogP contribution in [0.25, 0.3) is 83.6 Å². The fourth-order valence-electron chi connectivity index (χ4n) is 6.04. The molecule has 0 saturated heterocycles. The van der Waals surface area contributed by atoms with Crippen LogP contribution in [0.4, 0.5) is 0 Å². The van der Waals surface area contributed by atoms with Gasteiger partial charge in [-0.25, -0.2) is 4.98 Å². The summed E-state index contributed by atoms with van der Waals surface area (Å²) >= 11 is 0. The Balaban J connectivity index is 1.25. The Hall–Kier alpha value is -6.14. The number of benzene rings is 4. The lowest BCUT2D eigenvalue weighted by Crippen LogP contribution is -1.95. The average Bonchev–Trinajstić information content (AvgIpc) is 3.90. The van der Waals surface area contributed by atoms with Gasteiger partial charge in [0, 0.05) is 44.9 Å². The van der Waals surface area contributed by atoms with Gasteiger partial charge in [0.1, 0.15) is 5.52 Å². The molecule has 0 fully saturated rings. The number of hydrogen-bond acceptors (Lipinski definition) is 5. The normalized spacial score (nSPS) is 11.6. The fourth-order valence-corrected chi connectivity index (χ4v) is 6.04. The molecule has 0 saturated carbocycles. The van der Waals surface area contributed by atoms with Crippen LogP contribution in [0.15, 0.2) is 154 Å². The van der Waals surface area contributed by atoms with Gasteiger partial charge >= 0.3 is 0 Å². The van der Waals surface area contributed by atoms with E-state index in [0.717, 1.165) is 77.7 Å². The van der Waals surface area contributed by atoms with Crippen LogP contribution < -0.4 is 0 Å². The third-order valence-electron chi connectivity index (χ3n) is 8.17. The fraction of sp³-hybridized carbons (Fsp3) is 0. The largest absolute Gasteiger partial charge is 0.472 e. The van der Waals surface area contributed by atoms with Crippen molar-refractivity contribution in [2.45, 2.75) is 0 Å². The highest BCUT2D eigenvalue weighted by atomic mass is 16.3. The van der Waals surface area contributed by atoms with Crippen molar-refractivity contribution in [3.05, 3.63) is 140 Å². The Morgan fingerprint density at radius 1 is 0.545 bits per heavy atom. The maximum Gasteiger partial charge on any atom is 0.227 e. The number of hydrogen-bond donors (Lipinski definition) is 0. The van der Waals surface area contributed by atoms with E-state index in [-0.39, 0.29) is 0 Å². The third-order valence-corrected chi connectivity index (χ3v) is 8.17. The van der Waals surface area contributed by atoms with Crippen LogP contribution in [0, 0.1) is 0 Å². The summed E-state index contributed by atoms with van der Waals surface area (Å²) in [5, 5.41) is 2.28. The second kappa shape index (κ2) is 9.71. The molecule has 9 rings (SSSR count). The summed E-state index contributed by atoms with van der Waals surface area (Å²) in [6, 6.07) is 37.4. The summed E-state index contributed by atoms with van der Waals surface area (Å²) in [4.78, 5) is 9.48. The minimum absolute atomic E-state index is 0.573. The molecule has 0 bridgehead atoms. The summed E-state index contributed by atoms with van der Waals surface area (Å²) in [6.07, 6.45) is 8.71. The van der Waals surface area contributed by atoms with Gasteiger partial charge in [0.05, 0.1) is 41.8 Å². The maximum absolute atomic E-state index is 6.28. The molecule has 0 spiro atoms. The molecule has 4 aromatic carbocycles. The zero-order valence-electron chi connectivity index (χ0n) is 23.3. The lowest BCUT2D eigenvalue weighted by molar-refractivity contribution is 0.568. The highest BCUT2D eigenvalue weighted by Gasteiger charge is 2.17. The second-order valence-electron chi connectivity index (χ2n) is 10.8. The molecule has 208 valence electrons. The van der Waals surface area contributed by atoms with E-state index >= 15 is 0 Å². The average molecular weight is 570 g/mol. The molecule has 0 radical (unpaired) electrons. The lowest BCUT2D eigenvalue weighted by atomic mass is 10.0. The lowest BCUT2D eigenvalue weighted by Gasteiger charge is -2.10. The molecular weight excluding hydrogens is 546 g/mol. The molecule has 0 aliphatic rings. The number of nitrogens with zero attached hydrogens (tertiary/aromatic N) is 3. The second-order valence-corrected chi connectivity index (χ2v) is 10.8. The monoisotopic (exact) mass is 569 g/mol. The number of fused-ring (bicyclic) bond motifs is 4. The van der Waals surface area contributed by atoms with Gasteiger partial charge in [-0.3, -0.25) is 4.98 Å². The van der Waals surface area contributed by atoms with E-state index in [4.69, 9.17) is 18.2 Å². The molecule has 0 unspecified atom stereocenters. The minimum atomic E-state index is 0.573. The van der Waals surface area contributed by atoms with Crippen molar-refractivity contribution in [1.82, 2.24) is 14.5 Å². The van der Waals surface area contributed by atoms with Crippen molar-refractivity contribution in [2.75, 3.05) is 0 Å². The standard InChI is InChI=1S/C38H23N3O3/c1-2-15-39-33(6-1)26-4-3-5-30(18-26)41-35-11-8-24(28-13-16-42-22-28)19-32(35)31-10-7-27(21-36(31)41)38-40-34-20-25(9-12-37(34)44-38)29-14-17-43-23-29/h1-23H. The van der Waals surface area contributed by atoms with Gasteiger partial charge in [-0.1, -0.05) is 36.4 Å². The van der Waals surface area contributed by atoms with Gasteiger partial charge in [0.25, 0.3) is 0 Å². The van der Waals surface area contributed by atoms with E-state index in [9.17, 15) is 0 Å². The number of oxazole rings is 1. The van der Waals surface area contributed by atoms with E-state index < -0.39 is 0 Å². The third kappa shape index (κ3) is 3.96. The summed E-state index contributed by atoms with van der Waals surface area (Å²) in [7, 11) is 0. The molecule has 0 amide bonds.